The van der Waals surface area contributed by atoms with Crippen LogP contribution in [0.4, 0.5) is 4.79 Å². The summed E-state index contributed by atoms with van der Waals surface area (Å²) in [5.41, 5.74) is -1.24. The van der Waals surface area contributed by atoms with Gasteiger partial charge in [0.15, 0.2) is 0 Å². The lowest BCUT2D eigenvalue weighted by molar-refractivity contribution is 0.00374. The number of aliphatic hydroxyl groups excluding tert-OH is 1. The summed E-state index contributed by atoms with van der Waals surface area (Å²) in [4.78, 5) is 13.4. The molecule has 3 N–H and O–H groups in total. The number of aliphatic hydroxyl groups is 2. The van der Waals surface area contributed by atoms with Gasteiger partial charge in [0.1, 0.15) is 5.60 Å². The summed E-state index contributed by atoms with van der Waals surface area (Å²) in [6.45, 7) is 4.94. The van der Waals surface area contributed by atoms with Gasteiger partial charge in [-0.2, -0.15) is 0 Å². The second-order valence-corrected chi connectivity index (χ2v) is 4.98. The lowest BCUT2D eigenvalue weighted by Gasteiger charge is -2.31. The maximum Gasteiger partial charge on any atom is 0.317 e. The zero-order chi connectivity index (χ0) is 12.2. The SMILES string of the molecule is CC1CCN(C(=O)NCC(C)(O)CO)CC1. The first kappa shape index (κ1) is 13.3. The molecule has 0 radical (unpaired) electrons. The molecule has 0 aromatic heterocycles. The van der Waals surface area contributed by atoms with Crippen LogP contribution in [0.15, 0.2) is 0 Å². The highest BCUT2D eigenvalue weighted by Gasteiger charge is 2.23. The molecular formula is C11H22N2O3. The van der Waals surface area contributed by atoms with E-state index in [0.29, 0.717) is 5.92 Å². The molecule has 1 rings (SSSR count). The van der Waals surface area contributed by atoms with Gasteiger partial charge >= 0.3 is 6.03 Å². The van der Waals surface area contributed by atoms with E-state index >= 15 is 0 Å². The lowest BCUT2D eigenvalue weighted by Crippen LogP contribution is -2.49. The normalized spacial score (nSPS) is 21.6. The molecule has 2 amide bonds. The molecule has 0 saturated carbocycles. The van der Waals surface area contributed by atoms with Crippen molar-refractivity contribution in [3.05, 3.63) is 0 Å². The van der Waals surface area contributed by atoms with Crippen LogP contribution < -0.4 is 5.32 Å². The van der Waals surface area contributed by atoms with E-state index in [2.05, 4.69) is 12.2 Å². The molecule has 0 aromatic rings. The molecule has 0 bridgehead atoms. The first-order chi connectivity index (χ1) is 7.44. The minimum absolute atomic E-state index is 0.0778. The average Bonchev–Trinajstić information content (AvgIpc) is 2.27. The highest BCUT2D eigenvalue weighted by molar-refractivity contribution is 5.74. The van der Waals surface area contributed by atoms with Gasteiger partial charge in [0.25, 0.3) is 0 Å². The van der Waals surface area contributed by atoms with E-state index < -0.39 is 5.60 Å². The lowest BCUT2D eigenvalue weighted by atomic mass is 10.00. The maximum absolute atomic E-state index is 11.7. The Hall–Kier alpha value is -0.810. The van der Waals surface area contributed by atoms with Crippen LogP contribution in [0.2, 0.25) is 0 Å². The third-order valence-electron chi connectivity index (χ3n) is 3.03. The van der Waals surface area contributed by atoms with E-state index in [9.17, 15) is 9.90 Å². The number of urea groups is 1. The van der Waals surface area contributed by atoms with Crippen LogP contribution in [0.3, 0.4) is 0 Å². The van der Waals surface area contributed by atoms with Crippen LogP contribution in [0.1, 0.15) is 26.7 Å². The molecule has 1 heterocycles. The van der Waals surface area contributed by atoms with E-state index in [-0.39, 0.29) is 19.2 Å². The van der Waals surface area contributed by atoms with Crippen molar-refractivity contribution in [3.8, 4) is 0 Å². The Bertz CT molecular complexity index is 235. The van der Waals surface area contributed by atoms with Crippen molar-refractivity contribution < 1.29 is 15.0 Å². The first-order valence-corrected chi connectivity index (χ1v) is 5.80. The zero-order valence-corrected chi connectivity index (χ0v) is 10.1. The van der Waals surface area contributed by atoms with Gasteiger partial charge < -0.3 is 20.4 Å². The van der Waals surface area contributed by atoms with Crippen molar-refractivity contribution in [2.45, 2.75) is 32.3 Å². The third kappa shape index (κ3) is 3.98. The molecule has 5 heteroatoms. The van der Waals surface area contributed by atoms with Gasteiger partial charge in [0.2, 0.25) is 0 Å². The fourth-order valence-corrected chi connectivity index (χ4v) is 1.65. The van der Waals surface area contributed by atoms with Gasteiger partial charge in [-0.15, -0.1) is 0 Å². The van der Waals surface area contributed by atoms with Crippen LogP contribution >= 0.6 is 0 Å². The third-order valence-corrected chi connectivity index (χ3v) is 3.03. The Labute approximate surface area is 96.4 Å². The predicted molar refractivity (Wildman–Crippen MR) is 61.1 cm³/mol. The molecule has 94 valence electrons. The maximum atomic E-state index is 11.7. The molecule has 0 spiro atoms. The summed E-state index contributed by atoms with van der Waals surface area (Å²) < 4.78 is 0. The van der Waals surface area contributed by atoms with Crippen molar-refractivity contribution in [2.24, 2.45) is 5.92 Å². The van der Waals surface area contributed by atoms with E-state index in [1.807, 2.05) is 0 Å². The number of nitrogens with one attached hydrogen (secondary N) is 1. The van der Waals surface area contributed by atoms with E-state index in [1.165, 1.54) is 6.92 Å². The minimum atomic E-state index is -1.24. The molecule has 0 aromatic carbocycles. The highest BCUT2D eigenvalue weighted by atomic mass is 16.3. The Balaban J connectivity index is 2.30. The summed E-state index contributed by atoms with van der Waals surface area (Å²) in [7, 11) is 0. The number of hydrogen-bond acceptors (Lipinski definition) is 3. The summed E-state index contributed by atoms with van der Waals surface area (Å²) >= 11 is 0. The van der Waals surface area contributed by atoms with Gasteiger partial charge in [0, 0.05) is 13.1 Å². The number of carbonyl (C=O) groups is 1. The summed E-state index contributed by atoms with van der Waals surface area (Å²) in [6.07, 6.45) is 2.06. The Morgan fingerprint density at radius 3 is 2.56 bits per heavy atom. The molecule has 1 atom stereocenters. The smallest absolute Gasteiger partial charge is 0.317 e. The zero-order valence-electron chi connectivity index (χ0n) is 10.1. The number of amides is 2. The number of piperidine rings is 1. The topological polar surface area (TPSA) is 72.8 Å². The van der Waals surface area contributed by atoms with Crippen molar-refractivity contribution in [3.63, 3.8) is 0 Å². The van der Waals surface area contributed by atoms with Gasteiger partial charge in [-0.05, 0) is 25.7 Å². The first-order valence-electron chi connectivity index (χ1n) is 5.80. The van der Waals surface area contributed by atoms with Gasteiger partial charge in [-0.1, -0.05) is 6.92 Å². The summed E-state index contributed by atoms with van der Waals surface area (Å²) in [6, 6.07) is -0.152. The van der Waals surface area contributed by atoms with Crippen LogP contribution in [0.5, 0.6) is 0 Å². The standard InChI is InChI=1S/C11H22N2O3/c1-9-3-5-13(6-4-9)10(15)12-7-11(2,16)8-14/h9,14,16H,3-8H2,1-2H3,(H,12,15). The molecule has 1 saturated heterocycles. The number of likely N-dealkylation sites (tertiary alicyclic amines) is 1. The van der Waals surface area contributed by atoms with Crippen LogP contribution in [0, 0.1) is 5.92 Å². The molecule has 1 unspecified atom stereocenters. The molecule has 1 aliphatic heterocycles. The quantitative estimate of drug-likeness (QED) is 0.647. The highest BCUT2D eigenvalue weighted by Crippen LogP contribution is 2.15. The molecule has 1 aliphatic rings. The number of rotatable bonds is 3. The fraction of sp³-hybridized carbons (Fsp3) is 0.909. The van der Waals surface area contributed by atoms with Crippen molar-refractivity contribution in [2.75, 3.05) is 26.2 Å². The monoisotopic (exact) mass is 230 g/mol. The van der Waals surface area contributed by atoms with Crippen molar-refractivity contribution in [1.29, 1.82) is 0 Å². The molecule has 16 heavy (non-hydrogen) atoms. The molecule has 1 fully saturated rings. The van der Waals surface area contributed by atoms with Gasteiger partial charge in [-0.3, -0.25) is 0 Å². The van der Waals surface area contributed by atoms with E-state index in [1.54, 1.807) is 4.90 Å². The van der Waals surface area contributed by atoms with Gasteiger partial charge in [0.05, 0.1) is 13.2 Å². The summed E-state index contributed by atoms with van der Waals surface area (Å²) in [5, 5.41) is 21.0. The number of hydrogen-bond donors (Lipinski definition) is 3. The van der Waals surface area contributed by atoms with E-state index in [4.69, 9.17) is 5.11 Å². The predicted octanol–water partition coefficient (Wildman–Crippen LogP) is 0.171. The Morgan fingerprint density at radius 2 is 2.06 bits per heavy atom. The van der Waals surface area contributed by atoms with E-state index in [0.717, 1.165) is 25.9 Å². The fourth-order valence-electron chi connectivity index (χ4n) is 1.65. The number of carbonyl (C=O) groups excluding carboxylic acids is 1. The Kier molecular flexibility index (Phi) is 4.56. The van der Waals surface area contributed by atoms with Crippen molar-refractivity contribution in [1.82, 2.24) is 10.2 Å². The second kappa shape index (κ2) is 5.50. The Morgan fingerprint density at radius 1 is 1.50 bits per heavy atom. The van der Waals surface area contributed by atoms with Crippen LogP contribution in [0.25, 0.3) is 0 Å². The summed E-state index contributed by atoms with van der Waals surface area (Å²) in [5.74, 6) is 0.685. The van der Waals surface area contributed by atoms with Crippen LogP contribution in [-0.4, -0.2) is 53.0 Å². The second-order valence-electron chi connectivity index (χ2n) is 4.98. The number of nitrogens with zero attached hydrogens (tertiary/aromatic N) is 1. The molecule has 0 aliphatic carbocycles. The van der Waals surface area contributed by atoms with Crippen LogP contribution in [-0.2, 0) is 0 Å². The van der Waals surface area contributed by atoms with Gasteiger partial charge in [-0.25, -0.2) is 4.79 Å². The minimum Gasteiger partial charge on any atom is -0.393 e. The van der Waals surface area contributed by atoms with Crippen molar-refractivity contribution >= 4 is 6.03 Å². The average molecular weight is 230 g/mol. The molecule has 5 nitrogen and oxygen atoms in total. The largest absolute Gasteiger partial charge is 0.393 e. The molecular weight excluding hydrogens is 208 g/mol.